The van der Waals surface area contributed by atoms with Crippen LogP contribution in [0.2, 0.25) is 0 Å². The normalized spacial score (nSPS) is 15.2. The van der Waals surface area contributed by atoms with Crippen molar-refractivity contribution >= 4 is 22.6 Å². The van der Waals surface area contributed by atoms with Crippen molar-refractivity contribution in [2.45, 2.75) is 32.5 Å². The third-order valence-corrected chi connectivity index (χ3v) is 6.74. The van der Waals surface area contributed by atoms with E-state index in [1.165, 1.54) is 25.3 Å². The molecule has 3 aromatic carbocycles. The van der Waals surface area contributed by atoms with Crippen molar-refractivity contribution in [1.29, 1.82) is 0 Å². The minimum atomic E-state index is -4.67. The van der Waals surface area contributed by atoms with Crippen molar-refractivity contribution < 1.29 is 36.2 Å². The third-order valence-electron chi connectivity index (χ3n) is 6.74. The molecule has 0 saturated carbocycles. The van der Waals surface area contributed by atoms with E-state index >= 15 is 0 Å². The average molecular weight is 556 g/mol. The topological polar surface area (TPSA) is 69.0 Å². The van der Waals surface area contributed by atoms with Crippen LogP contribution in [0.15, 0.2) is 69.9 Å². The summed E-state index contributed by atoms with van der Waals surface area (Å²) in [6.45, 7) is 4.54. The summed E-state index contributed by atoms with van der Waals surface area (Å²) in [7, 11) is 1.43. The quantitative estimate of drug-likeness (QED) is 0.227. The molecule has 2 heterocycles. The first-order chi connectivity index (χ1) is 19.0. The molecule has 0 N–H and O–H groups in total. The number of amides is 1. The zero-order chi connectivity index (χ0) is 28.8. The fraction of sp³-hybridized carbons (Fsp3) is 0.267. The monoisotopic (exact) mass is 555 g/mol. The number of carbonyl (C=O) groups excluding carboxylic acids is 1. The second kappa shape index (κ2) is 10.3. The summed E-state index contributed by atoms with van der Waals surface area (Å²) in [6.07, 6.45) is -3.87. The van der Waals surface area contributed by atoms with Gasteiger partial charge in [-0.2, -0.15) is 13.2 Å². The molecule has 1 amide bonds. The lowest BCUT2D eigenvalue weighted by Crippen LogP contribution is -2.29. The maximum atomic E-state index is 14.1. The van der Waals surface area contributed by atoms with Crippen LogP contribution in [-0.4, -0.2) is 19.6 Å². The Labute approximate surface area is 226 Å². The number of alkyl halides is 3. The average Bonchev–Trinajstić information content (AvgIpc) is 3.21. The zero-order valence-corrected chi connectivity index (χ0v) is 21.8. The van der Waals surface area contributed by atoms with Gasteiger partial charge in [0.2, 0.25) is 5.76 Å². The van der Waals surface area contributed by atoms with Crippen molar-refractivity contribution in [3.63, 3.8) is 0 Å². The summed E-state index contributed by atoms with van der Waals surface area (Å²) >= 11 is 0. The summed E-state index contributed by atoms with van der Waals surface area (Å²) in [5, 5.41) is -0.0944. The second-order valence-corrected chi connectivity index (χ2v) is 9.88. The van der Waals surface area contributed by atoms with Crippen molar-refractivity contribution in [1.82, 2.24) is 0 Å². The molecule has 1 aliphatic heterocycles. The highest BCUT2D eigenvalue weighted by Gasteiger charge is 2.44. The van der Waals surface area contributed by atoms with Gasteiger partial charge in [0.15, 0.2) is 16.9 Å². The number of anilines is 1. The summed E-state index contributed by atoms with van der Waals surface area (Å²) < 4.78 is 71.9. The van der Waals surface area contributed by atoms with E-state index in [4.69, 9.17) is 13.9 Å². The van der Waals surface area contributed by atoms with Crippen LogP contribution in [0.4, 0.5) is 23.2 Å². The Kier molecular flexibility index (Phi) is 7.03. The molecule has 0 fully saturated rings. The van der Waals surface area contributed by atoms with Crippen LogP contribution >= 0.6 is 0 Å². The zero-order valence-electron chi connectivity index (χ0n) is 21.8. The number of halogens is 4. The van der Waals surface area contributed by atoms with Gasteiger partial charge < -0.3 is 13.9 Å². The van der Waals surface area contributed by atoms with Gasteiger partial charge in [-0.25, -0.2) is 4.39 Å². The Hall–Kier alpha value is -4.34. The van der Waals surface area contributed by atoms with Gasteiger partial charge >= 0.3 is 6.18 Å². The highest BCUT2D eigenvalue weighted by Crippen LogP contribution is 2.44. The van der Waals surface area contributed by atoms with E-state index < -0.39 is 34.9 Å². The number of fused-ring (bicyclic) bond motifs is 2. The molecule has 10 heteroatoms. The first kappa shape index (κ1) is 27.2. The molecule has 0 spiro atoms. The smallest absolute Gasteiger partial charge is 0.416 e. The summed E-state index contributed by atoms with van der Waals surface area (Å²) in [6, 6.07) is 11.2. The third kappa shape index (κ3) is 4.89. The molecule has 5 rings (SSSR count). The molecule has 1 unspecified atom stereocenters. The number of benzene rings is 3. The SMILES string of the molecule is COc1cc(C2c3c(oc4ccc(F)cc4c3=O)C(=O)N2c2cccc(C(F)(F)F)c2)ccc1OCCC(C)C. The van der Waals surface area contributed by atoms with E-state index in [1.54, 1.807) is 18.2 Å². The number of hydrogen-bond acceptors (Lipinski definition) is 5. The standard InChI is InChI=1S/C30H25F4NO5/c1-16(2)11-12-39-23-9-7-17(13-24(23)38-3)26-25-27(36)21-15-19(31)8-10-22(21)40-28(25)29(37)35(26)20-6-4-5-18(14-20)30(32,33)34/h4-10,13-16,26H,11-12H2,1-3H3. The van der Waals surface area contributed by atoms with Crippen LogP contribution in [0.5, 0.6) is 11.5 Å². The minimum Gasteiger partial charge on any atom is -0.493 e. The molecular weight excluding hydrogens is 530 g/mol. The van der Waals surface area contributed by atoms with E-state index in [-0.39, 0.29) is 28.0 Å². The van der Waals surface area contributed by atoms with Gasteiger partial charge in [-0.1, -0.05) is 26.0 Å². The highest BCUT2D eigenvalue weighted by atomic mass is 19.4. The van der Waals surface area contributed by atoms with E-state index in [9.17, 15) is 27.2 Å². The van der Waals surface area contributed by atoms with Crippen LogP contribution in [-0.2, 0) is 6.18 Å². The van der Waals surface area contributed by atoms with Gasteiger partial charge in [-0.05, 0) is 66.4 Å². The molecule has 0 saturated heterocycles. The number of ether oxygens (including phenoxy) is 2. The maximum absolute atomic E-state index is 14.1. The Morgan fingerprint density at radius 3 is 2.48 bits per heavy atom. The number of rotatable bonds is 7. The van der Waals surface area contributed by atoms with E-state index in [1.807, 2.05) is 0 Å². The van der Waals surface area contributed by atoms with Gasteiger partial charge in [0.05, 0.1) is 36.3 Å². The van der Waals surface area contributed by atoms with Crippen molar-refractivity contribution in [3.05, 3.63) is 99.2 Å². The molecule has 1 aliphatic rings. The Morgan fingerprint density at radius 2 is 1.77 bits per heavy atom. The predicted molar refractivity (Wildman–Crippen MR) is 140 cm³/mol. The molecule has 0 bridgehead atoms. The molecule has 0 radical (unpaired) electrons. The van der Waals surface area contributed by atoms with E-state index in [0.717, 1.165) is 35.6 Å². The van der Waals surface area contributed by atoms with Crippen LogP contribution < -0.4 is 19.8 Å². The number of hydrogen-bond donors (Lipinski definition) is 0. The molecule has 208 valence electrons. The summed E-state index contributed by atoms with van der Waals surface area (Å²) in [4.78, 5) is 28.5. The second-order valence-electron chi connectivity index (χ2n) is 9.88. The Morgan fingerprint density at radius 1 is 1.00 bits per heavy atom. The predicted octanol–water partition coefficient (Wildman–Crippen LogP) is 7.13. The summed E-state index contributed by atoms with van der Waals surface area (Å²) in [5.41, 5.74) is -1.50. The van der Waals surface area contributed by atoms with Gasteiger partial charge in [-0.15, -0.1) is 0 Å². The first-order valence-electron chi connectivity index (χ1n) is 12.6. The maximum Gasteiger partial charge on any atom is 0.416 e. The van der Waals surface area contributed by atoms with Gasteiger partial charge in [0, 0.05) is 5.69 Å². The molecule has 1 atom stereocenters. The van der Waals surface area contributed by atoms with Crippen molar-refractivity contribution in [3.8, 4) is 11.5 Å². The lowest BCUT2D eigenvalue weighted by molar-refractivity contribution is -0.137. The summed E-state index contributed by atoms with van der Waals surface area (Å²) in [5.74, 6) is -0.676. The largest absolute Gasteiger partial charge is 0.493 e. The molecular formula is C30H25F4NO5. The minimum absolute atomic E-state index is 0.0189. The van der Waals surface area contributed by atoms with Crippen LogP contribution in [0, 0.1) is 11.7 Å². The van der Waals surface area contributed by atoms with Gasteiger partial charge in [0.25, 0.3) is 5.91 Å². The molecule has 0 aliphatic carbocycles. The molecule has 4 aromatic rings. The lowest BCUT2D eigenvalue weighted by Gasteiger charge is -2.26. The first-order valence-corrected chi connectivity index (χ1v) is 12.6. The van der Waals surface area contributed by atoms with E-state index in [2.05, 4.69) is 13.8 Å². The van der Waals surface area contributed by atoms with Gasteiger partial charge in [0.1, 0.15) is 11.4 Å². The molecule has 1 aromatic heterocycles. The van der Waals surface area contributed by atoms with Gasteiger partial charge in [-0.3, -0.25) is 14.5 Å². The van der Waals surface area contributed by atoms with Crippen molar-refractivity contribution in [2.24, 2.45) is 5.92 Å². The molecule has 40 heavy (non-hydrogen) atoms. The van der Waals surface area contributed by atoms with Crippen LogP contribution in [0.25, 0.3) is 11.0 Å². The Bertz CT molecular complexity index is 1660. The fourth-order valence-electron chi connectivity index (χ4n) is 4.74. The number of methoxy groups -OCH3 is 1. The van der Waals surface area contributed by atoms with Crippen LogP contribution in [0.1, 0.15) is 53.6 Å². The fourth-order valence-corrected chi connectivity index (χ4v) is 4.74. The lowest BCUT2D eigenvalue weighted by atomic mass is 9.97. The number of carbonyl (C=O) groups is 1. The van der Waals surface area contributed by atoms with E-state index in [0.29, 0.717) is 29.6 Å². The van der Waals surface area contributed by atoms with Crippen LogP contribution in [0.3, 0.4) is 0 Å². The van der Waals surface area contributed by atoms with Crippen molar-refractivity contribution in [2.75, 3.05) is 18.6 Å². The highest BCUT2D eigenvalue weighted by molar-refractivity contribution is 6.10. The Balaban J connectivity index is 1.71. The number of nitrogens with zero attached hydrogens (tertiary/aromatic N) is 1. The molecule has 6 nitrogen and oxygen atoms in total.